The molecular weight excluding hydrogens is 460 g/mol. The quantitative estimate of drug-likeness (QED) is 0.248. The molecule has 0 spiro atoms. The van der Waals surface area contributed by atoms with Gasteiger partial charge in [0.15, 0.2) is 0 Å². The Morgan fingerprint density at radius 3 is 2.44 bits per heavy atom. The molecule has 8 rings (SSSR count). The van der Waals surface area contributed by atoms with E-state index < -0.39 is 0 Å². The van der Waals surface area contributed by atoms with E-state index in [0.717, 1.165) is 33.1 Å². The molecule has 3 heterocycles. The Kier molecular flexibility index (Phi) is 4.10. The molecule has 8 aromatic rings. The zero-order valence-electron chi connectivity index (χ0n) is 19.1. The van der Waals surface area contributed by atoms with Crippen LogP contribution in [0.1, 0.15) is 0 Å². The van der Waals surface area contributed by atoms with Gasteiger partial charge in [0, 0.05) is 25.7 Å². The Hall–Kier alpha value is -4.54. The molecule has 0 amide bonds. The highest BCUT2D eigenvalue weighted by Gasteiger charge is 2.15. The van der Waals surface area contributed by atoms with E-state index in [2.05, 4.69) is 84.9 Å². The Labute approximate surface area is 210 Å². The van der Waals surface area contributed by atoms with E-state index in [0.29, 0.717) is 5.71 Å². The standard InChI is InChI=1S/C32H18N2OS/c1-2-10-22-19(7-1)15-16-27-29(22)30-32(35-27)34-26(18-33-30)21-9-5-8-20(17-21)23-12-6-13-25-24-11-3-4-14-28(24)36-31(23)25/h1-18H. The molecule has 168 valence electrons. The fourth-order valence-corrected chi connectivity index (χ4v) is 6.50. The average molecular weight is 479 g/mol. The van der Waals surface area contributed by atoms with Crippen LogP contribution < -0.4 is 0 Å². The summed E-state index contributed by atoms with van der Waals surface area (Å²) in [5, 5.41) is 5.93. The molecule has 0 saturated carbocycles. The van der Waals surface area contributed by atoms with Crippen molar-refractivity contribution < 1.29 is 4.42 Å². The summed E-state index contributed by atoms with van der Waals surface area (Å²) >= 11 is 1.85. The molecule has 5 aromatic carbocycles. The van der Waals surface area contributed by atoms with E-state index in [1.54, 1.807) is 0 Å². The van der Waals surface area contributed by atoms with Crippen LogP contribution in [0.5, 0.6) is 0 Å². The minimum Gasteiger partial charge on any atom is -0.436 e. The highest BCUT2D eigenvalue weighted by Crippen LogP contribution is 2.40. The summed E-state index contributed by atoms with van der Waals surface area (Å²) < 4.78 is 8.77. The average Bonchev–Trinajstić information content (AvgIpc) is 3.51. The second-order valence-corrected chi connectivity index (χ2v) is 10.1. The monoisotopic (exact) mass is 478 g/mol. The summed E-state index contributed by atoms with van der Waals surface area (Å²) in [6.07, 6.45) is 1.86. The van der Waals surface area contributed by atoms with Crippen molar-refractivity contribution in [2.75, 3.05) is 0 Å². The van der Waals surface area contributed by atoms with Crippen LogP contribution in [0.2, 0.25) is 0 Å². The van der Waals surface area contributed by atoms with Gasteiger partial charge in [-0.3, -0.25) is 0 Å². The first-order valence-electron chi connectivity index (χ1n) is 11.9. The minimum atomic E-state index is 0.566. The zero-order chi connectivity index (χ0) is 23.6. The van der Waals surface area contributed by atoms with Crippen LogP contribution in [0.25, 0.3) is 75.5 Å². The largest absolute Gasteiger partial charge is 0.436 e. The zero-order valence-corrected chi connectivity index (χ0v) is 19.9. The van der Waals surface area contributed by atoms with Gasteiger partial charge in [-0.1, -0.05) is 84.9 Å². The molecule has 0 saturated heterocycles. The fraction of sp³-hybridized carbons (Fsp3) is 0. The third-order valence-electron chi connectivity index (χ3n) is 6.95. The Morgan fingerprint density at radius 2 is 1.47 bits per heavy atom. The molecule has 0 bridgehead atoms. The van der Waals surface area contributed by atoms with E-state index in [9.17, 15) is 0 Å². The number of thiophene rings is 1. The van der Waals surface area contributed by atoms with Crippen LogP contribution >= 0.6 is 11.3 Å². The third-order valence-corrected chi connectivity index (χ3v) is 8.17. The maximum Gasteiger partial charge on any atom is 0.246 e. The topological polar surface area (TPSA) is 38.9 Å². The Bertz CT molecular complexity index is 2120. The SMILES string of the molecule is c1cc(-c2cnc3c(n2)oc2ccc4ccccc4c23)cc(-c2cccc3c2sc2ccccc23)c1. The number of furan rings is 1. The number of hydrogen-bond acceptors (Lipinski definition) is 4. The van der Waals surface area contributed by atoms with Gasteiger partial charge in [0.1, 0.15) is 11.1 Å². The molecule has 4 heteroatoms. The van der Waals surface area contributed by atoms with Crippen LogP contribution in [0, 0.1) is 0 Å². The minimum absolute atomic E-state index is 0.566. The summed E-state index contributed by atoms with van der Waals surface area (Å²) in [6.45, 7) is 0. The van der Waals surface area contributed by atoms with Crippen LogP contribution in [0.15, 0.2) is 114 Å². The lowest BCUT2D eigenvalue weighted by atomic mass is 10.00. The van der Waals surface area contributed by atoms with Crippen molar-refractivity contribution in [2.45, 2.75) is 0 Å². The normalized spacial score (nSPS) is 11.9. The van der Waals surface area contributed by atoms with Crippen molar-refractivity contribution in [3.05, 3.63) is 109 Å². The molecule has 0 unspecified atom stereocenters. The Balaban J connectivity index is 1.29. The molecule has 0 N–H and O–H groups in total. The van der Waals surface area contributed by atoms with Gasteiger partial charge in [-0.25, -0.2) is 9.97 Å². The van der Waals surface area contributed by atoms with Crippen molar-refractivity contribution >= 4 is 64.5 Å². The van der Waals surface area contributed by atoms with Gasteiger partial charge in [0.25, 0.3) is 0 Å². The van der Waals surface area contributed by atoms with E-state index in [4.69, 9.17) is 14.4 Å². The third kappa shape index (κ3) is 2.85. The number of aromatic nitrogens is 2. The number of fused-ring (bicyclic) bond motifs is 8. The molecule has 0 radical (unpaired) electrons. The summed E-state index contributed by atoms with van der Waals surface area (Å²) in [6, 6.07) is 36.1. The van der Waals surface area contributed by atoms with Crippen LogP contribution in [0.4, 0.5) is 0 Å². The second kappa shape index (κ2) is 7.48. The highest BCUT2D eigenvalue weighted by molar-refractivity contribution is 7.26. The summed E-state index contributed by atoms with van der Waals surface area (Å²) in [4.78, 5) is 9.72. The molecule has 0 aliphatic heterocycles. The number of rotatable bonds is 2. The van der Waals surface area contributed by atoms with Gasteiger partial charge in [-0.05, 0) is 40.1 Å². The predicted molar refractivity (Wildman–Crippen MR) is 151 cm³/mol. The van der Waals surface area contributed by atoms with E-state index >= 15 is 0 Å². The van der Waals surface area contributed by atoms with Crippen molar-refractivity contribution in [3.8, 4) is 22.4 Å². The molecule has 0 atom stereocenters. The predicted octanol–water partition coefficient (Wildman–Crippen LogP) is 9.23. The Morgan fingerprint density at radius 1 is 0.667 bits per heavy atom. The summed E-state index contributed by atoms with van der Waals surface area (Å²) in [7, 11) is 0. The van der Waals surface area contributed by atoms with Gasteiger partial charge in [-0.2, -0.15) is 0 Å². The lowest BCUT2D eigenvalue weighted by Gasteiger charge is -2.07. The van der Waals surface area contributed by atoms with Gasteiger partial charge < -0.3 is 4.42 Å². The summed E-state index contributed by atoms with van der Waals surface area (Å²) in [5.41, 5.74) is 6.40. The van der Waals surface area contributed by atoms with Crippen molar-refractivity contribution in [3.63, 3.8) is 0 Å². The van der Waals surface area contributed by atoms with E-state index in [1.807, 2.05) is 35.7 Å². The number of hydrogen-bond donors (Lipinski definition) is 0. The first kappa shape index (κ1) is 19.7. The maximum absolute atomic E-state index is 6.16. The number of benzene rings is 5. The second-order valence-electron chi connectivity index (χ2n) is 9.03. The van der Waals surface area contributed by atoms with E-state index in [1.165, 1.54) is 36.7 Å². The molecule has 36 heavy (non-hydrogen) atoms. The van der Waals surface area contributed by atoms with E-state index in [-0.39, 0.29) is 0 Å². The van der Waals surface area contributed by atoms with Crippen molar-refractivity contribution in [2.24, 2.45) is 0 Å². The first-order valence-corrected chi connectivity index (χ1v) is 12.7. The van der Waals surface area contributed by atoms with Crippen LogP contribution in [-0.2, 0) is 0 Å². The molecule has 3 aromatic heterocycles. The van der Waals surface area contributed by atoms with Crippen LogP contribution in [-0.4, -0.2) is 9.97 Å². The molecule has 0 aliphatic carbocycles. The van der Waals surface area contributed by atoms with Gasteiger partial charge in [-0.15, -0.1) is 11.3 Å². The highest BCUT2D eigenvalue weighted by atomic mass is 32.1. The fourth-order valence-electron chi connectivity index (χ4n) is 5.26. The molecule has 3 nitrogen and oxygen atoms in total. The number of nitrogens with zero attached hydrogens (tertiary/aromatic N) is 2. The summed E-state index contributed by atoms with van der Waals surface area (Å²) in [5.74, 6) is 0. The lowest BCUT2D eigenvalue weighted by molar-refractivity contribution is 0.654. The lowest BCUT2D eigenvalue weighted by Crippen LogP contribution is -1.88. The molecular formula is C32H18N2OS. The van der Waals surface area contributed by atoms with Gasteiger partial charge >= 0.3 is 0 Å². The maximum atomic E-state index is 6.16. The van der Waals surface area contributed by atoms with Gasteiger partial charge in [0.2, 0.25) is 5.71 Å². The molecule has 0 aliphatic rings. The van der Waals surface area contributed by atoms with Crippen LogP contribution in [0.3, 0.4) is 0 Å². The van der Waals surface area contributed by atoms with Crippen molar-refractivity contribution in [1.29, 1.82) is 0 Å². The van der Waals surface area contributed by atoms with Gasteiger partial charge in [0.05, 0.1) is 17.3 Å². The van der Waals surface area contributed by atoms with Crippen molar-refractivity contribution in [1.82, 2.24) is 9.97 Å². The smallest absolute Gasteiger partial charge is 0.246 e. The first-order chi connectivity index (χ1) is 17.8. The molecule has 0 fully saturated rings.